The molecule has 2 aromatic rings. The Bertz CT molecular complexity index is 687. The van der Waals surface area contributed by atoms with Crippen molar-refractivity contribution in [2.24, 2.45) is 0 Å². The number of halogens is 1. The summed E-state index contributed by atoms with van der Waals surface area (Å²) in [6.07, 6.45) is 0. The zero-order valence-electron chi connectivity index (χ0n) is 8.64. The van der Waals surface area contributed by atoms with Gasteiger partial charge in [0.2, 0.25) is 0 Å². The number of rotatable bonds is 2. The first-order chi connectivity index (χ1) is 7.95. The molecule has 0 amide bonds. The molecule has 0 unspecified atom stereocenters. The fourth-order valence-electron chi connectivity index (χ4n) is 1.49. The molecular formula is C10H7FO4S2. The van der Waals surface area contributed by atoms with Gasteiger partial charge in [0.25, 0.3) is 0 Å². The Labute approximate surface area is 101 Å². The average molecular weight is 274 g/mol. The fraction of sp³-hybridized carbons (Fsp3) is 0.100. The lowest BCUT2D eigenvalue weighted by molar-refractivity contribution is 0.0602. The van der Waals surface area contributed by atoms with Gasteiger partial charge in [-0.15, -0.1) is 15.2 Å². The number of methoxy groups -OCH3 is 1. The van der Waals surface area contributed by atoms with E-state index in [1.807, 2.05) is 0 Å². The Kier molecular flexibility index (Phi) is 2.88. The van der Waals surface area contributed by atoms with Crippen LogP contribution in [-0.2, 0) is 15.0 Å². The summed E-state index contributed by atoms with van der Waals surface area (Å²) in [7, 11) is -3.85. The Morgan fingerprint density at radius 3 is 2.59 bits per heavy atom. The van der Waals surface area contributed by atoms with Gasteiger partial charge in [0.15, 0.2) is 0 Å². The van der Waals surface area contributed by atoms with Crippen LogP contribution in [0.1, 0.15) is 9.67 Å². The molecular weight excluding hydrogens is 267 g/mol. The first kappa shape index (κ1) is 12.0. The van der Waals surface area contributed by atoms with Gasteiger partial charge in [-0.2, -0.15) is 8.42 Å². The lowest BCUT2D eigenvalue weighted by Crippen LogP contribution is -2.04. The van der Waals surface area contributed by atoms with E-state index >= 15 is 0 Å². The molecule has 0 aliphatic rings. The summed E-state index contributed by atoms with van der Waals surface area (Å²) in [4.78, 5) is 10.6. The molecule has 4 nitrogen and oxygen atoms in total. The second kappa shape index (κ2) is 4.08. The number of ether oxygens (including phenoxy) is 1. The van der Waals surface area contributed by atoms with Crippen molar-refractivity contribution in [2.45, 2.75) is 4.90 Å². The van der Waals surface area contributed by atoms with Gasteiger partial charge in [-0.05, 0) is 6.07 Å². The summed E-state index contributed by atoms with van der Waals surface area (Å²) in [6.45, 7) is 0. The Morgan fingerprint density at radius 2 is 2.00 bits per heavy atom. The fourth-order valence-corrected chi connectivity index (χ4v) is 3.74. The Balaban J connectivity index is 2.89. The third-order valence-corrected chi connectivity index (χ3v) is 4.36. The van der Waals surface area contributed by atoms with E-state index in [1.165, 1.54) is 6.07 Å². The van der Waals surface area contributed by atoms with Gasteiger partial charge in [-0.25, -0.2) is 4.79 Å². The zero-order chi connectivity index (χ0) is 12.6. The first-order valence-corrected chi connectivity index (χ1v) is 6.69. The minimum atomic E-state index is -4.96. The van der Waals surface area contributed by atoms with Crippen molar-refractivity contribution in [3.63, 3.8) is 0 Å². The predicted molar refractivity (Wildman–Crippen MR) is 61.5 cm³/mol. The smallest absolute Gasteiger partial charge is 0.349 e. The summed E-state index contributed by atoms with van der Waals surface area (Å²) in [5.41, 5.74) is 0. The van der Waals surface area contributed by atoms with Crippen molar-refractivity contribution >= 4 is 37.6 Å². The molecule has 0 saturated heterocycles. The highest BCUT2D eigenvalue weighted by atomic mass is 32.3. The van der Waals surface area contributed by atoms with Crippen molar-refractivity contribution in [3.8, 4) is 0 Å². The first-order valence-electron chi connectivity index (χ1n) is 4.49. The maximum absolute atomic E-state index is 13.2. The van der Waals surface area contributed by atoms with Crippen molar-refractivity contribution in [1.29, 1.82) is 0 Å². The molecule has 17 heavy (non-hydrogen) atoms. The van der Waals surface area contributed by atoms with Crippen LogP contribution >= 0.6 is 11.3 Å². The van der Waals surface area contributed by atoms with Crippen LogP contribution in [0.15, 0.2) is 29.2 Å². The van der Waals surface area contributed by atoms with E-state index in [1.54, 1.807) is 18.2 Å². The summed E-state index contributed by atoms with van der Waals surface area (Å²) < 4.78 is 40.3. The van der Waals surface area contributed by atoms with E-state index in [0.717, 1.165) is 18.4 Å². The van der Waals surface area contributed by atoms with Crippen LogP contribution in [-0.4, -0.2) is 21.5 Å². The maximum Gasteiger partial charge on any atom is 0.349 e. The normalized spacial score (nSPS) is 11.6. The molecule has 0 saturated carbocycles. The third kappa shape index (κ3) is 2.03. The van der Waals surface area contributed by atoms with E-state index in [-0.39, 0.29) is 10.3 Å². The van der Waals surface area contributed by atoms with Crippen LogP contribution in [0.2, 0.25) is 0 Å². The van der Waals surface area contributed by atoms with Crippen molar-refractivity contribution in [3.05, 3.63) is 29.1 Å². The van der Waals surface area contributed by atoms with Crippen molar-refractivity contribution < 1.29 is 21.8 Å². The van der Waals surface area contributed by atoms with Crippen LogP contribution in [0.25, 0.3) is 10.1 Å². The molecule has 90 valence electrons. The maximum atomic E-state index is 13.2. The molecule has 1 aromatic heterocycles. The van der Waals surface area contributed by atoms with Crippen LogP contribution in [0.3, 0.4) is 0 Å². The minimum absolute atomic E-state index is 0.195. The predicted octanol–water partition coefficient (Wildman–Crippen LogP) is 2.35. The Morgan fingerprint density at radius 1 is 1.35 bits per heavy atom. The molecule has 0 radical (unpaired) electrons. The summed E-state index contributed by atoms with van der Waals surface area (Å²) in [5.74, 6) is -0.859. The topological polar surface area (TPSA) is 60.4 Å². The number of fused-ring (bicyclic) bond motifs is 1. The molecule has 0 spiro atoms. The second-order valence-corrected chi connectivity index (χ2v) is 5.52. The third-order valence-electron chi connectivity index (χ3n) is 2.16. The number of carbonyl (C=O) groups is 1. The largest absolute Gasteiger partial charge is 0.465 e. The molecule has 1 heterocycles. The number of carbonyl (C=O) groups excluding carboxylic acids is 1. The van der Waals surface area contributed by atoms with Gasteiger partial charge < -0.3 is 4.74 Å². The van der Waals surface area contributed by atoms with Crippen LogP contribution < -0.4 is 0 Å². The van der Waals surface area contributed by atoms with Crippen LogP contribution in [0.4, 0.5) is 3.89 Å². The molecule has 0 bridgehead atoms. The highest BCUT2D eigenvalue weighted by Gasteiger charge is 2.28. The molecule has 7 heteroatoms. The minimum Gasteiger partial charge on any atom is -0.465 e. The zero-order valence-corrected chi connectivity index (χ0v) is 10.3. The van der Waals surface area contributed by atoms with E-state index in [2.05, 4.69) is 4.74 Å². The highest BCUT2D eigenvalue weighted by molar-refractivity contribution is 7.87. The number of hydrogen-bond acceptors (Lipinski definition) is 5. The van der Waals surface area contributed by atoms with Crippen LogP contribution in [0.5, 0.6) is 0 Å². The average Bonchev–Trinajstić information content (AvgIpc) is 2.66. The number of hydrogen-bond donors (Lipinski definition) is 0. The molecule has 0 fully saturated rings. The van der Waals surface area contributed by atoms with Crippen molar-refractivity contribution in [1.82, 2.24) is 0 Å². The van der Waals surface area contributed by atoms with Gasteiger partial charge >= 0.3 is 16.2 Å². The molecule has 0 aliphatic carbocycles. The van der Waals surface area contributed by atoms with E-state index < -0.39 is 21.1 Å². The van der Waals surface area contributed by atoms with E-state index in [9.17, 15) is 17.1 Å². The SMILES string of the molecule is COC(=O)c1sc2ccccc2c1S(=O)(=O)F. The quantitative estimate of drug-likeness (QED) is 0.623. The van der Waals surface area contributed by atoms with Crippen LogP contribution in [0, 0.1) is 0 Å². The number of benzene rings is 1. The molecule has 0 N–H and O–H groups in total. The molecule has 2 rings (SSSR count). The van der Waals surface area contributed by atoms with Gasteiger partial charge in [0.1, 0.15) is 9.77 Å². The van der Waals surface area contributed by atoms with Gasteiger partial charge in [-0.3, -0.25) is 0 Å². The molecule has 0 atom stereocenters. The highest BCUT2D eigenvalue weighted by Crippen LogP contribution is 2.35. The van der Waals surface area contributed by atoms with Gasteiger partial charge in [-0.1, -0.05) is 18.2 Å². The monoisotopic (exact) mass is 274 g/mol. The molecule has 0 aliphatic heterocycles. The van der Waals surface area contributed by atoms with Gasteiger partial charge in [0.05, 0.1) is 7.11 Å². The lowest BCUT2D eigenvalue weighted by atomic mass is 10.2. The number of esters is 1. The van der Waals surface area contributed by atoms with Crippen molar-refractivity contribution in [2.75, 3.05) is 7.11 Å². The number of thiophene rings is 1. The van der Waals surface area contributed by atoms with E-state index in [0.29, 0.717) is 4.70 Å². The summed E-state index contributed by atoms with van der Waals surface area (Å²) in [5, 5.41) is 0.195. The Hall–Kier alpha value is -1.47. The standard InChI is InChI=1S/C10H7FO4S2/c1-15-10(12)8-9(17(11,13)14)6-4-2-3-5-7(6)16-8/h2-5H,1H3. The second-order valence-electron chi connectivity index (χ2n) is 3.19. The summed E-state index contributed by atoms with van der Waals surface area (Å²) in [6, 6.07) is 6.31. The lowest BCUT2D eigenvalue weighted by Gasteiger charge is -1.97. The van der Waals surface area contributed by atoms with Gasteiger partial charge in [0, 0.05) is 10.1 Å². The summed E-state index contributed by atoms with van der Waals surface area (Å²) >= 11 is 0.890. The van der Waals surface area contributed by atoms with E-state index in [4.69, 9.17) is 0 Å². The molecule has 1 aromatic carbocycles.